The minimum Gasteiger partial charge on any atom is -0.396 e. The van der Waals surface area contributed by atoms with Gasteiger partial charge in [-0.15, -0.1) is 0 Å². The number of aryl methyl sites for hydroxylation is 1. The van der Waals surface area contributed by atoms with Gasteiger partial charge in [-0.3, -0.25) is 4.68 Å². The number of aromatic nitrogens is 2. The Morgan fingerprint density at radius 1 is 1.53 bits per heavy atom. The van der Waals surface area contributed by atoms with Crippen LogP contribution in [0.2, 0.25) is 0 Å². The van der Waals surface area contributed by atoms with E-state index in [0.717, 1.165) is 6.42 Å². The van der Waals surface area contributed by atoms with Crippen molar-refractivity contribution in [3.05, 3.63) is 18.0 Å². The molecule has 96 valence electrons. The Kier molecular flexibility index (Phi) is 4.18. The number of aliphatic hydroxyl groups excluding tert-OH is 1. The second kappa shape index (κ2) is 5.65. The minimum absolute atomic E-state index is 0.303. The fourth-order valence-corrected chi connectivity index (χ4v) is 2.73. The van der Waals surface area contributed by atoms with Gasteiger partial charge in [0.05, 0.1) is 6.20 Å². The second-order valence-electron chi connectivity index (χ2n) is 5.17. The van der Waals surface area contributed by atoms with Gasteiger partial charge in [0.1, 0.15) is 0 Å². The molecule has 0 spiro atoms. The zero-order chi connectivity index (χ0) is 12.3. The van der Waals surface area contributed by atoms with Crippen LogP contribution in [0.1, 0.15) is 44.2 Å². The van der Waals surface area contributed by atoms with E-state index in [-0.39, 0.29) is 0 Å². The van der Waals surface area contributed by atoms with Gasteiger partial charge in [-0.2, -0.15) is 5.10 Å². The lowest BCUT2D eigenvalue weighted by atomic mass is 9.84. The van der Waals surface area contributed by atoms with Crippen LogP contribution in [-0.4, -0.2) is 27.5 Å². The molecule has 3 atom stereocenters. The van der Waals surface area contributed by atoms with E-state index in [4.69, 9.17) is 0 Å². The molecule has 0 aliphatic heterocycles. The van der Waals surface area contributed by atoms with Gasteiger partial charge >= 0.3 is 0 Å². The zero-order valence-electron chi connectivity index (χ0n) is 10.8. The lowest BCUT2D eigenvalue weighted by molar-refractivity contribution is 0.147. The summed E-state index contributed by atoms with van der Waals surface area (Å²) in [5.41, 5.74) is 1.22. The van der Waals surface area contributed by atoms with Crippen molar-refractivity contribution >= 4 is 0 Å². The molecule has 0 aromatic carbocycles. The van der Waals surface area contributed by atoms with Gasteiger partial charge in [0, 0.05) is 37.5 Å². The quantitative estimate of drug-likeness (QED) is 0.836. The monoisotopic (exact) mass is 237 g/mol. The summed E-state index contributed by atoms with van der Waals surface area (Å²) in [6.07, 6.45) is 8.81. The Balaban J connectivity index is 1.94. The van der Waals surface area contributed by atoms with Crippen molar-refractivity contribution in [3.63, 3.8) is 0 Å². The molecule has 1 aliphatic carbocycles. The zero-order valence-corrected chi connectivity index (χ0v) is 10.8. The number of nitrogens with one attached hydrogen (secondary N) is 1. The maximum absolute atomic E-state index is 9.39. The Hall–Kier alpha value is -0.870. The fourth-order valence-electron chi connectivity index (χ4n) is 2.73. The second-order valence-corrected chi connectivity index (χ2v) is 5.17. The molecule has 3 unspecified atom stereocenters. The molecule has 0 bridgehead atoms. The van der Waals surface area contributed by atoms with E-state index in [2.05, 4.69) is 23.5 Å². The first kappa shape index (κ1) is 12.6. The molecular weight excluding hydrogens is 214 g/mol. The number of hydrogen-bond donors (Lipinski definition) is 2. The molecule has 17 heavy (non-hydrogen) atoms. The van der Waals surface area contributed by atoms with E-state index in [1.807, 2.05) is 17.9 Å². The number of rotatable bonds is 4. The summed E-state index contributed by atoms with van der Waals surface area (Å²) in [4.78, 5) is 0. The van der Waals surface area contributed by atoms with Gasteiger partial charge in [0.25, 0.3) is 0 Å². The van der Waals surface area contributed by atoms with E-state index >= 15 is 0 Å². The standard InChI is InChI=1S/C13H23N3O/c1-10(12-7-14-16(2)8-12)15-13-6-4-3-5-11(13)9-17/h7-8,10-11,13,15,17H,3-6,9H2,1-2H3. The highest BCUT2D eigenvalue weighted by Crippen LogP contribution is 2.26. The Labute approximate surface area is 103 Å². The molecule has 1 aromatic rings. The molecule has 1 aliphatic rings. The van der Waals surface area contributed by atoms with E-state index in [1.54, 1.807) is 0 Å². The lowest BCUT2D eigenvalue weighted by Crippen LogP contribution is -2.41. The maximum atomic E-state index is 9.39. The lowest BCUT2D eigenvalue weighted by Gasteiger charge is -2.33. The molecule has 1 saturated carbocycles. The van der Waals surface area contributed by atoms with Crippen LogP contribution in [0.25, 0.3) is 0 Å². The van der Waals surface area contributed by atoms with Crippen molar-refractivity contribution in [2.24, 2.45) is 13.0 Å². The number of nitrogens with zero attached hydrogens (tertiary/aromatic N) is 2. The molecular formula is C13H23N3O. The van der Waals surface area contributed by atoms with Crippen molar-refractivity contribution in [1.82, 2.24) is 15.1 Å². The van der Waals surface area contributed by atoms with E-state index < -0.39 is 0 Å². The van der Waals surface area contributed by atoms with Gasteiger partial charge < -0.3 is 10.4 Å². The molecule has 4 heteroatoms. The SMILES string of the molecule is CC(NC1CCCCC1CO)c1cnn(C)c1. The normalized spacial score (nSPS) is 27.0. The van der Waals surface area contributed by atoms with Crippen LogP contribution >= 0.6 is 0 Å². The number of aliphatic hydroxyl groups is 1. The molecule has 1 heterocycles. The molecule has 0 radical (unpaired) electrons. The topological polar surface area (TPSA) is 50.1 Å². The molecule has 2 N–H and O–H groups in total. The average Bonchev–Trinajstić information content (AvgIpc) is 2.77. The predicted molar refractivity (Wildman–Crippen MR) is 67.6 cm³/mol. The maximum Gasteiger partial charge on any atom is 0.0537 e. The van der Waals surface area contributed by atoms with Crippen molar-refractivity contribution in [2.45, 2.75) is 44.7 Å². The Bertz CT molecular complexity index is 350. The highest BCUT2D eigenvalue weighted by molar-refractivity contribution is 5.09. The van der Waals surface area contributed by atoms with E-state index in [1.165, 1.54) is 24.8 Å². The van der Waals surface area contributed by atoms with Crippen LogP contribution in [0.4, 0.5) is 0 Å². The third kappa shape index (κ3) is 3.07. The van der Waals surface area contributed by atoms with Crippen molar-refractivity contribution in [1.29, 1.82) is 0 Å². The molecule has 0 amide bonds. The highest BCUT2D eigenvalue weighted by atomic mass is 16.3. The summed E-state index contributed by atoms with van der Waals surface area (Å²) in [6.45, 7) is 2.47. The van der Waals surface area contributed by atoms with E-state index in [9.17, 15) is 5.11 Å². The minimum atomic E-state index is 0.303. The first-order chi connectivity index (χ1) is 8.20. The van der Waals surface area contributed by atoms with Gasteiger partial charge in [-0.1, -0.05) is 12.8 Å². The molecule has 4 nitrogen and oxygen atoms in total. The first-order valence-electron chi connectivity index (χ1n) is 6.56. The van der Waals surface area contributed by atoms with Gasteiger partial charge in [0.2, 0.25) is 0 Å². The van der Waals surface area contributed by atoms with Crippen LogP contribution in [0.15, 0.2) is 12.4 Å². The Morgan fingerprint density at radius 3 is 2.94 bits per heavy atom. The molecule has 1 aromatic heterocycles. The average molecular weight is 237 g/mol. The van der Waals surface area contributed by atoms with Crippen LogP contribution in [0.3, 0.4) is 0 Å². The van der Waals surface area contributed by atoms with Crippen LogP contribution in [0, 0.1) is 5.92 Å². The number of hydrogen-bond acceptors (Lipinski definition) is 3. The van der Waals surface area contributed by atoms with Crippen molar-refractivity contribution < 1.29 is 5.11 Å². The molecule has 2 rings (SSSR count). The van der Waals surface area contributed by atoms with Gasteiger partial charge in [-0.25, -0.2) is 0 Å². The summed E-state index contributed by atoms with van der Waals surface area (Å²) >= 11 is 0. The fraction of sp³-hybridized carbons (Fsp3) is 0.769. The summed E-state index contributed by atoms with van der Waals surface area (Å²) < 4.78 is 1.83. The Morgan fingerprint density at radius 2 is 2.29 bits per heavy atom. The smallest absolute Gasteiger partial charge is 0.0537 e. The van der Waals surface area contributed by atoms with Crippen molar-refractivity contribution in [3.8, 4) is 0 Å². The molecule has 0 saturated heterocycles. The summed E-state index contributed by atoms with van der Waals surface area (Å²) in [6, 6.07) is 0.754. The third-order valence-corrected chi connectivity index (χ3v) is 3.83. The van der Waals surface area contributed by atoms with Crippen LogP contribution < -0.4 is 5.32 Å². The van der Waals surface area contributed by atoms with Gasteiger partial charge in [0.15, 0.2) is 0 Å². The predicted octanol–water partition coefficient (Wildman–Crippen LogP) is 1.62. The van der Waals surface area contributed by atoms with E-state index in [0.29, 0.717) is 24.6 Å². The largest absolute Gasteiger partial charge is 0.396 e. The third-order valence-electron chi connectivity index (χ3n) is 3.83. The van der Waals surface area contributed by atoms with Crippen molar-refractivity contribution in [2.75, 3.05) is 6.61 Å². The highest BCUT2D eigenvalue weighted by Gasteiger charge is 2.25. The summed E-state index contributed by atoms with van der Waals surface area (Å²) in [5, 5.41) is 17.2. The van der Waals surface area contributed by atoms with Crippen LogP contribution in [-0.2, 0) is 7.05 Å². The summed E-state index contributed by atoms with van der Waals surface area (Å²) in [5.74, 6) is 0.419. The first-order valence-corrected chi connectivity index (χ1v) is 6.56. The summed E-state index contributed by atoms with van der Waals surface area (Å²) in [7, 11) is 1.94. The molecule has 1 fully saturated rings. The van der Waals surface area contributed by atoms with Crippen LogP contribution in [0.5, 0.6) is 0 Å². The van der Waals surface area contributed by atoms with Gasteiger partial charge in [-0.05, 0) is 25.7 Å².